The predicted octanol–water partition coefficient (Wildman–Crippen LogP) is 1.62. The van der Waals surface area contributed by atoms with Gasteiger partial charge in [0, 0.05) is 7.05 Å². The van der Waals surface area contributed by atoms with E-state index >= 15 is 0 Å². The van der Waals surface area contributed by atoms with Crippen LogP contribution in [0, 0.1) is 0 Å². The molecule has 1 unspecified atom stereocenters. The van der Waals surface area contributed by atoms with Crippen LogP contribution in [0.3, 0.4) is 0 Å². The molecular formula is C12H14N2O2S. The van der Waals surface area contributed by atoms with Crippen molar-refractivity contribution in [2.24, 2.45) is 0 Å². The number of carboxylic acids is 1. The largest absolute Gasteiger partial charge is 0.480 e. The summed E-state index contributed by atoms with van der Waals surface area (Å²) in [6, 6.07) is 10.1. The van der Waals surface area contributed by atoms with Gasteiger partial charge in [-0.05, 0) is 11.0 Å². The van der Waals surface area contributed by atoms with Crippen LogP contribution in [0.1, 0.15) is 5.56 Å². The van der Waals surface area contributed by atoms with E-state index in [0.29, 0.717) is 0 Å². The summed E-state index contributed by atoms with van der Waals surface area (Å²) in [5.41, 5.74) is 2.24. The van der Waals surface area contributed by atoms with Crippen molar-refractivity contribution in [3.05, 3.63) is 41.3 Å². The number of carboxylic acid groups (broad SMARTS) is 1. The third-order valence-corrected chi connectivity index (χ3v) is 3.64. The quantitative estimate of drug-likeness (QED) is 0.850. The lowest BCUT2D eigenvalue weighted by atomic mass is 10.2. The van der Waals surface area contributed by atoms with Gasteiger partial charge in [-0.25, -0.2) is 0 Å². The molecule has 1 atom stereocenters. The third kappa shape index (κ3) is 2.81. The monoisotopic (exact) mass is 250 g/mol. The van der Waals surface area contributed by atoms with Crippen LogP contribution in [-0.2, 0) is 4.79 Å². The number of benzene rings is 1. The average Bonchev–Trinajstić information content (AvgIpc) is 2.69. The number of hydrogen-bond donors (Lipinski definition) is 2. The molecule has 17 heavy (non-hydrogen) atoms. The first-order chi connectivity index (χ1) is 8.18. The molecule has 2 N–H and O–H groups in total. The maximum Gasteiger partial charge on any atom is 0.317 e. The first-order valence-corrected chi connectivity index (χ1v) is 6.22. The standard InChI is InChI=1S/C12H14N2O2S/c1-14-10(9-5-3-2-4-6-9)8-17-12(14)13-7-11(15)16/h2-6,8,12-13H,7H2,1H3,(H,15,16). The molecule has 2 rings (SSSR count). The van der Waals surface area contributed by atoms with Crippen molar-refractivity contribution >= 4 is 23.4 Å². The van der Waals surface area contributed by atoms with Crippen LogP contribution in [0.25, 0.3) is 5.70 Å². The molecule has 5 heteroatoms. The summed E-state index contributed by atoms with van der Waals surface area (Å²) in [6.07, 6.45) is 0. The molecule has 0 saturated heterocycles. The highest BCUT2D eigenvalue weighted by atomic mass is 32.2. The van der Waals surface area contributed by atoms with E-state index in [-0.39, 0.29) is 12.0 Å². The summed E-state index contributed by atoms with van der Waals surface area (Å²) in [7, 11) is 1.96. The van der Waals surface area contributed by atoms with Crippen LogP contribution in [0.5, 0.6) is 0 Å². The van der Waals surface area contributed by atoms with E-state index in [1.807, 2.05) is 42.3 Å². The van der Waals surface area contributed by atoms with Crippen LogP contribution < -0.4 is 5.32 Å². The van der Waals surface area contributed by atoms with Gasteiger partial charge in [0.2, 0.25) is 0 Å². The van der Waals surface area contributed by atoms with E-state index in [4.69, 9.17) is 5.11 Å². The Labute approximate surface area is 104 Å². The fraction of sp³-hybridized carbons (Fsp3) is 0.250. The van der Waals surface area contributed by atoms with Gasteiger partial charge in [0.1, 0.15) is 5.50 Å². The van der Waals surface area contributed by atoms with Crippen molar-refractivity contribution in [2.75, 3.05) is 13.6 Å². The molecule has 0 spiro atoms. The number of hydrogen-bond acceptors (Lipinski definition) is 4. The van der Waals surface area contributed by atoms with Crippen molar-refractivity contribution < 1.29 is 9.90 Å². The first-order valence-electron chi connectivity index (χ1n) is 5.27. The summed E-state index contributed by atoms with van der Waals surface area (Å²) in [4.78, 5) is 12.6. The second kappa shape index (κ2) is 5.25. The van der Waals surface area contributed by atoms with Crippen molar-refractivity contribution in [3.63, 3.8) is 0 Å². The van der Waals surface area contributed by atoms with E-state index in [9.17, 15) is 4.79 Å². The normalized spacial score (nSPS) is 19.2. The van der Waals surface area contributed by atoms with Gasteiger partial charge in [-0.3, -0.25) is 10.1 Å². The fourth-order valence-electron chi connectivity index (χ4n) is 1.67. The summed E-state index contributed by atoms with van der Waals surface area (Å²) in [5.74, 6) is -0.841. The molecule has 1 aromatic carbocycles. The SMILES string of the molecule is CN1C(c2ccccc2)=CSC1NCC(=O)O. The van der Waals surface area contributed by atoms with E-state index in [2.05, 4.69) is 10.7 Å². The number of carbonyl (C=O) groups is 1. The Morgan fingerprint density at radius 1 is 1.47 bits per heavy atom. The zero-order valence-electron chi connectivity index (χ0n) is 9.46. The van der Waals surface area contributed by atoms with Gasteiger partial charge >= 0.3 is 5.97 Å². The molecule has 1 aromatic rings. The molecule has 0 aliphatic carbocycles. The molecule has 0 bridgehead atoms. The molecule has 0 saturated carbocycles. The van der Waals surface area contributed by atoms with Gasteiger partial charge in [0.05, 0.1) is 12.2 Å². The van der Waals surface area contributed by atoms with Gasteiger partial charge in [-0.1, -0.05) is 42.1 Å². The number of aliphatic carboxylic acids is 1. The van der Waals surface area contributed by atoms with E-state index in [0.717, 1.165) is 11.3 Å². The molecule has 1 aliphatic heterocycles. The molecule has 0 amide bonds. The Morgan fingerprint density at radius 3 is 2.82 bits per heavy atom. The summed E-state index contributed by atoms with van der Waals surface area (Å²) < 4.78 is 0. The average molecular weight is 250 g/mol. The number of nitrogens with zero attached hydrogens (tertiary/aromatic N) is 1. The van der Waals surface area contributed by atoms with Crippen LogP contribution in [-0.4, -0.2) is 35.1 Å². The second-order valence-corrected chi connectivity index (χ2v) is 4.70. The molecule has 4 nitrogen and oxygen atoms in total. The highest BCUT2D eigenvalue weighted by Crippen LogP contribution is 2.33. The number of rotatable bonds is 4. The topological polar surface area (TPSA) is 52.6 Å². The van der Waals surface area contributed by atoms with Gasteiger partial charge in [0.15, 0.2) is 0 Å². The van der Waals surface area contributed by atoms with E-state index in [1.54, 1.807) is 11.8 Å². The lowest BCUT2D eigenvalue weighted by molar-refractivity contribution is -0.136. The van der Waals surface area contributed by atoms with E-state index in [1.165, 1.54) is 0 Å². The second-order valence-electron chi connectivity index (χ2n) is 3.74. The number of thioether (sulfide) groups is 1. The zero-order chi connectivity index (χ0) is 12.3. The molecule has 0 aromatic heterocycles. The van der Waals surface area contributed by atoms with Gasteiger partial charge in [-0.15, -0.1) is 0 Å². The third-order valence-electron chi connectivity index (χ3n) is 2.54. The van der Waals surface area contributed by atoms with Crippen molar-refractivity contribution in [3.8, 4) is 0 Å². The Hall–Kier alpha value is -1.46. The molecule has 0 radical (unpaired) electrons. The van der Waals surface area contributed by atoms with Crippen LogP contribution in [0.2, 0.25) is 0 Å². The summed E-state index contributed by atoms with van der Waals surface area (Å²) in [5, 5.41) is 13.7. The molecule has 1 heterocycles. The van der Waals surface area contributed by atoms with Crippen LogP contribution >= 0.6 is 11.8 Å². The van der Waals surface area contributed by atoms with Gasteiger partial charge in [0.25, 0.3) is 0 Å². The Morgan fingerprint density at radius 2 is 2.18 bits per heavy atom. The molecule has 1 aliphatic rings. The Kier molecular flexibility index (Phi) is 3.71. The fourth-order valence-corrected chi connectivity index (χ4v) is 2.71. The van der Waals surface area contributed by atoms with Crippen LogP contribution in [0.4, 0.5) is 0 Å². The highest BCUT2D eigenvalue weighted by Gasteiger charge is 2.24. The minimum atomic E-state index is -0.841. The lowest BCUT2D eigenvalue weighted by Gasteiger charge is -2.24. The van der Waals surface area contributed by atoms with Crippen molar-refractivity contribution in [1.82, 2.24) is 10.2 Å². The van der Waals surface area contributed by atoms with Crippen LogP contribution in [0.15, 0.2) is 35.7 Å². The van der Waals surface area contributed by atoms with Crippen molar-refractivity contribution in [1.29, 1.82) is 0 Å². The van der Waals surface area contributed by atoms with Crippen molar-refractivity contribution in [2.45, 2.75) is 5.50 Å². The van der Waals surface area contributed by atoms with E-state index < -0.39 is 5.97 Å². The maximum absolute atomic E-state index is 10.5. The van der Waals surface area contributed by atoms with Gasteiger partial charge < -0.3 is 10.0 Å². The highest BCUT2D eigenvalue weighted by molar-refractivity contribution is 8.03. The lowest BCUT2D eigenvalue weighted by Crippen LogP contribution is -2.39. The maximum atomic E-state index is 10.5. The first kappa shape index (κ1) is 12.0. The molecule has 90 valence electrons. The summed E-state index contributed by atoms with van der Waals surface area (Å²) >= 11 is 1.58. The minimum Gasteiger partial charge on any atom is -0.480 e. The molecular weight excluding hydrogens is 236 g/mol. The predicted molar refractivity (Wildman–Crippen MR) is 69.2 cm³/mol. The van der Waals surface area contributed by atoms with Gasteiger partial charge in [-0.2, -0.15) is 0 Å². The molecule has 0 fully saturated rings. The summed E-state index contributed by atoms with van der Waals surface area (Å²) in [6.45, 7) is -0.0298. The smallest absolute Gasteiger partial charge is 0.317 e. The Balaban J connectivity index is 2.02. The minimum absolute atomic E-state index is 0.0127. The number of nitrogens with one attached hydrogen (secondary N) is 1. The Bertz CT molecular complexity index is 433. The zero-order valence-corrected chi connectivity index (χ0v) is 10.3.